The first kappa shape index (κ1) is 11.5. The Bertz CT molecular complexity index is 366. The fourth-order valence-electron chi connectivity index (χ4n) is 0.982. The number of hydrogen-bond donors (Lipinski definition) is 1. The van der Waals surface area contributed by atoms with Gasteiger partial charge in [0.15, 0.2) is 0 Å². The maximum absolute atomic E-state index is 12.0. The number of halogens is 2. The second-order valence-corrected chi connectivity index (χ2v) is 2.65. The summed E-state index contributed by atoms with van der Waals surface area (Å²) in [7, 11) is 0. The first-order valence-electron chi connectivity index (χ1n) is 4.37. The number of aliphatic hydroxyl groups is 1. The van der Waals surface area contributed by atoms with E-state index in [-0.39, 0.29) is 12.4 Å². The number of hydrogen-bond acceptors (Lipinski definition) is 2. The molecule has 80 valence electrons. The molecule has 0 amide bonds. The van der Waals surface area contributed by atoms with Gasteiger partial charge in [0.2, 0.25) is 0 Å². The minimum Gasteiger partial charge on any atom is -0.434 e. The molecule has 4 heteroatoms. The van der Waals surface area contributed by atoms with Crippen LogP contribution in [0.2, 0.25) is 0 Å². The van der Waals surface area contributed by atoms with Gasteiger partial charge in [0.25, 0.3) is 0 Å². The molecule has 0 aliphatic carbocycles. The van der Waals surface area contributed by atoms with E-state index in [1.54, 1.807) is 18.2 Å². The van der Waals surface area contributed by atoms with Gasteiger partial charge in [-0.15, -0.1) is 0 Å². The van der Waals surface area contributed by atoms with Gasteiger partial charge < -0.3 is 9.84 Å². The van der Waals surface area contributed by atoms with E-state index in [0.29, 0.717) is 12.0 Å². The van der Waals surface area contributed by atoms with Crippen molar-refractivity contribution in [3.8, 4) is 17.6 Å². The van der Waals surface area contributed by atoms with Crippen LogP contribution < -0.4 is 4.74 Å². The highest BCUT2D eigenvalue weighted by Crippen LogP contribution is 2.18. The Kier molecular flexibility index (Phi) is 4.58. The minimum absolute atomic E-state index is 0.0507. The molecule has 0 aliphatic rings. The van der Waals surface area contributed by atoms with Crippen LogP contribution in [0.3, 0.4) is 0 Å². The van der Waals surface area contributed by atoms with E-state index >= 15 is 0 Å². The fraction of sp³-hybridized carbons (Fsp3) is 0.273. The summed E-state index contributed by atoms with van der Waals surface area (Å²) < 4.78 is 28.2. The highest BCUT2D eigenvalue weighted by molar-refractivity contribution is 5.45. The van der Waals surface area contributed by atoms with E-state index in [1.165, 1.54) is 6.07 Å². The summed E-state index contributed by atoms with van der Waals surface area (Å²) in [6, 6.07) is 6.29. The SMILES string of the molecule is OCCC#Cc1ccccc1OC(F)F. The molecule has 0 saturated heterocycles. The number of aliphatic hydroxyl groups excluding tert-OH is 1. The molecule has 1 rings (SSSR count). The summed E-state index contributed by atoms with van der Waals surface area (Å²) in [5.74, 6) is 5.34. The molecule has 1 aromatic rings. The molecule has 1 aromatic carbocycles. The zero-order chi connectivity index (χ0) is 11.1. The minimum atomic E-state index is -2.86. The lowest BCUT2D eigenvalue weighted by atomic mass is 10.2. The second-order valence-electron chi connectivity index (χ2n) is 2.65. The third-order valence-corrected chi connectivity index (χ3v) is 1.56. The lowest BCUT2D eigenvalue weighted by Gasteiger charge is -2.05. The quantitative estimate of drug-likeness (QED) is 0.777. The molecule has 15 heavy (non-hydrogen) atoms. The molecule has 0 spiro atoms. The zero-order valence-corrected chi connectivity index (χ0v) is 7.91. The van der Waals surface area contributed by atoms with Crippen LogP contribution in [0.1, 0.15) is 12.0 Å². The van der Waals surface area contributed by atoms with E-state index in [1.807, 2.05) is 0 Å². The summed E-state index contributed by atoms with van der Waals surface area (Å²) in [6.45, 7) is -2.91. The topological polar surface area (TPSA) is 29.5 Å². The first-order chi connectivity index (χ1) is 7.24. The normalized spacial score (nSPS) is 9.60. The molecule has 0 saturated carbocycles. The van der Waals surface area contributed by atoms with Gasteiger partial charge in [0, 0.05) is 6.42 Å². The lowest BCUT2D eigenvalue weighted by molar-refractivity contribution is -0.0500. The van der Waals surface area contributed by atoms with Crippen LogP contribution in [0, 0.1) is 11.8 Å². The average Bonchev–Trinajstić information content (AvgIpc) is 2.20. The molecule has 0 aliphatic heterocycles. The predicted octanol–water partition coefficient (Wildman–Crippen LogP) is 2.02. The van der Waals surface area contributed by atoms with Crippen LogP contribution >= 0.6 is 0 Å². The molecular weight excluding hydrogens is 202 g/mol. The Morgan fingerprint density at radius 2 is 2.07 bits per heavy atom. The molecule has 0 fully saturated rings. The highest BCUT2D eigenvalue weighted by Gasteiger charge is 2.06. The van der Waals surface area contributed by atoms with Crippen molar-refractivity contribution in [2.75, 3.05) is 6.61 Å². The van der Waals surface area contributed by atoms with Crippen molar-refractivity contribution in [1.29, 1.82) is 0 Å². The van der Waals surface area contributed by atoms with Crippen molar-refractivity contribution in [2.24, 2.45) is 0 Å². The van der Waals surface area contributed by atoms with Crippen LogP contribution in [0.5, 0.6) is 5.75 Å². The number of ether oxygens (including phenoxy) is 1. The standard InChI is InChI=1S/C11H10F2O2/c12-11(13)15-10-7-2-1-5-9(10)6-3-4-8-14/h1-2,5,7,11,14H,4,8H2. The molecule has 0 heterocycles. The Labute approximate surface area is 86.5 Å². The molecule has 0 atom stereocenters. The molecule has 0 bridgehead atoms. The van der Waals surface area contributed by atoms with Gasteiger partial charge in [0.1, 0.15) is 5.75 Å². The maximum Gasteiger partial charge on any atom is 0.387 e. The molecular formula is C11H10F2O2. The molecule has 0 unspecified atom stereocenters. The third kappa shape index (κ3) is 3.96. The lowest BCUT2D eigenvalue weighted by Crippen LogP contribution is -2.03. The molecule has 0 radical (unpaired) electrons. The Morgan fingerprint density at radius 1 is 1.33 bits per heavy atom. The highest BCUT2D eigenvalue weighted by atomic mass is 19.3. The predicted molar refractivity (Wildman–Crippen MR) is 51.7 cm³/mol. The van der Waals surface area contributed by atoms with E-state index in [2.05, 4.69) is 16.6 Å². The number of alkyl halides is 2. The summed E-state index contributed by atoms with van der Waals surface area (Å²) in [4.78, 5) is 0. The summed E-state index contributed by atoms with van der Waals surface area (Å²) in [5, 5.41) is 8.51. The van der Waals surface area contributed by atoms with Crippen LogP contribution in [-0.4, -0.2) is 18.3 Å². The molecule has 2 nitrogen and oxygen atoms in total. The third-order valence-electron chi connectivity index (χ3n) is 1.56. The van der Waals surface area contributed by atoms with Crippen molar-refractivity contribution in [3.63, 3.8) is 0 Å². The Morgan fingerprint density at radius 3 is 2.73 bits per heavy atom. The van der Waals surface area contributed by atoms with Crippen LogP contribution in [0.4, 0.5) is 8.78 Å². The average molecular weight is 212 g/mol. The largest absolute Gasteiger partial charge is 0.434 e. The first-order valence-corrected chi connectivity index (χ1v) is 4.37. The summed E-state index contributed by atoms with van der Waals surface area (Å²) in [6.07, 6.45) is 0.309. The summed E-state index contributed by atoms with van der Waals surface area (Å²) in [5.41, 5.74) is 0.395. The van der Waals surface area contributed by atoms with E-state index < -0.39 is 6.61 Å². The molecule has 1 N–H and O–H groups in total. The van der Waals surface area contributed by atoms with Gasteiger partial charge in [-0.1, -0.05) is 24.0 Å². The van der Waals surface area contributed by atoms with E-state index in [4.69, 9.17) is 5.11 Å². The van der Waals surface area contributed by atoms with E-state index in [9.17, 15) is 8.78 Å². The number of rotatable bonds is 3. The van der Waals surface area contributed by atoms with Gasteiger partial charge in [-0.3, -0.25) is 0 Å². The number of para-hydroxylation sites is 1. The van der Waals surface area contributed by atoms with Crippen molar-refractivity contribution in [3.05, 3.63) is 29.8 Å². The summed E-state index contributed by atoms with van der Waals surface area (Å²) >= 11 is 0. The van der Waals surface area contributed by atoms with Gasteiger partial charge in [-0.05, 0) is 12.1 Å². The van der Waals surface area contributed by atoms with Gasteiger partial charge in [0.05, 0.1) is 12.2 Å². The second kappa shape index (κ2) is 5.99. The van der Waals surface area contributed by atoms with E-state index in [0.717, 1.165) is 0 Å². The monoisotopic (exact) mass is 212 g/mol. The van der Waals surface area contributed by atoms with Crippen molar-refractivity contribution in [2.45, 2.75) is 13.0 Å². The Balaban J connectivity index is 2.83. The van der Waals surface area contributed by atoms with Gasteiger partial charge >= 0.3 is 6.61 Å². The maximum atomic E-state index is 12.0. The van der Waals surface area contributed by atoms with Crippen molar-refractivity contribution >= 4 is 0 Å². The van der Waals surface area contributed by atoms with Crippen molar-refractivity contribution in [1.82, 2.24) is 0 Å². The van der Waals surface area contributed by atoms with Crippen molar-refractivity contribution < 1.29 is 18.6 Å². The van der Waals surface area contributed by atoms with Crippen LogP contribution in [0.15, 0.2) is 24.3 Å². The zero-order valence-electron chi connectivity index (χ0n) is 7.91. The smallest absolute Gasteiger partial charge is 0.387 e. The van der Waals surface area contributed by atoms with Crippen LogP contribution in [-0.2, 0) is 0 Å². The van der Waals surface area contributed by atoms with Crippen LogP contribution in [0.25, 0.3) is 0 Å². The van der Waals surface area contributed by atoms with Gasteiger partial charge in [-0.25, -0.2) is 0 Å². The molecule has 0 aromatic heterocycles. The van der Waals surface area contributed by atoms with Gasteiger partial charge in [-0.2, -0.15) is 8.78 Å². The Hall–Kier alpha value is -1.60. The number of benzene rings is 1. The fourth-order valence-corrected chi connectivity index (χ4v) is 0.982.